The molecule has 1 aliphatic carbocycles. The summed E-state index contributed by atoms with van der Waals surface area (Å²) in [4.78, 5) is 21.0. The molecule has 2 fully saturated rings. The summed E-state index contributed by atoms with van der Waals surface area (Å²) in [6, 6.07) is 3.44. The number of fused-ring (bicyclic) bond motifs is 1. The highest BCUT2D eigenvalue weighted by Gasteiger charge is 2.32. The number of H-pyrrole nitrogens is 1. The molecular weight excluding hydrogens is 423 g/mol. The monoisotopic (exact) mass is 454 g/mol. The van der Waals surface area contributed by atoms with Crippen LogP contribution in [0.5, 0.6) is 0 Å². The third-order valence-corrected chi connectivity index (χ3v) is 7.41. The predicted molar refractivity (Wildman–Crippen MR) is 121 cm³/mol. The molecule has 1 saturated heterocycles. The number of hydrogen-bond donors (Lipinski definition) is 2. The van der Waals surface area contributed by atoms with Crippen molar-refractivity contribution in [3.63, 3.8) is 0 Å². The average Bonchev–Trinajstić information content (AvgIpc) is 3.46. The zero-order valence-electron chi connectivity index (χ0n) is 19.2. The van der Waals surface area contributed by atoms with E-state index in [1.165, 1.54) is 6.26 Å². The molecule has 3 aromatic rings. The number of nitrogens with one attached hydrogen (secondary N) is 2. The minimum atomic E-state index is -0.336. The highest BCUT2D eigenvalue weighted by molar-refractivity contribution is 5.95. The van der Waals surface area contributed by atoms with Crippen molar-refractivity contribution in [2.45, 2.75) is 64.3 Å². The van der Waals surface area contributed by atoms with Crippen LogP contribution in [0.2, 0.25) is 0 Å². The summed E-state index contributed by atoms with van der Waals surface area (Å²) >= 11 is 0. The van der Waals surface area contributed by atoms with Crippen LogP contribution in [-0.2, 0) is 4.74 Å². The third-order valence-electron chi connectivity index (χ3n) is 7.41. The Balaban J connectivity index is 1.48. The Morgan fingerprint density at radius 1 is 1.18 bits per heavy atom. The molecule has 5 rings (SSSR count). The summed E-state index contributed by atoms with van der Waals surface area (Å²) < 4.78 is 25.9. The number of imidazole rings is 1. The Morgan fingerprint density at radius 3 is 2.64 bits per heavy atom. The van der Waals surface area contributed by atoms with Gasteiger partial charge in [-0.15, -0.1) is 0 Å². The van der Waals surface area contributed by atoms with Crippen molar-refractivity contribution in [3.05, 3.63) is 46.9 Å². The normalized spacial score (nSPS) is 23.0. The summed E-state index contributed by atoms with van der Waals surface area (Å²) in [5.41, 5.74) is 2.66. The number of halogens is 1. The molecule has 1 atom stereocenters. The van der Waals surface area contributed by atoms with E-state index in [9.17, 15) is 4.79 Å². The average molecular weight is 455 g/mol. The fraction of sp³-hybridized carbons (Fsp3) is 0.560. The molecule has 8 heteroatoms. The lowest BCUT2D eigenvalue weighted by Crippen LogP contribution is -2.36. The van der Waals surface area contributed by atoms with Gasteiger partial charge in [-0.3, -0.25) is 4.79 Å². The smallest absolute Gasteiger partial charge is 0.257 e. The van der Waals surface area contributed by atoms with Crippen molar-refractivity contribution < 1.29 is 18.4 Å². The molecule has 1 aromatic carbocycles. The number of carbonyl (C=O) groups is 1. The molecule has 176 valence electrons. The topological polar surface area (TPSA) is 93.0 Å². The molecule has 0 bridgehead atoms. The quantitative estimate of drug-likeness (QED) is 0.553. The van der Waals surface area contributed by atoms with Gasteiger partial charge in [-0.05, 0) is 62.0 Å². The van der Waals surface area contributed by atoms with Gasteiger partial charge in [-0.2, -0.15) is 0 Å². The van der Waals surface area contributed by atoms with Crippen molar-refractivity contribution in [3.8, 4) is 0 Å². The van der Waals surface area contributed by atoms with E-state index in [1.807, 2.05) is 12.1 Å². The number of carbonyl (C=O) groups excluding carboxylic acids is 1. The molecule has 2 aliphatic rings. The lowest BCUT2D eigenvalue weighted by atomic mass is 9.79. The summed E-state index contributed by atoms with van der Waals surface area (Å²) in [6.07, 6.45) is 7.18. The van der Waals surface area contributed by atoms with E-state index in [0.29, 0.717) is 52.8 Å². The van der Waals surface area contributed by atoms with Gasteiger partial charge >= 0.3 is 0 Å². The number of rotatable bonds is 5. The Hall–Kier alpha value is -2.74. The van der Waals surface area contributed by atoms with Crippen LogP contribution in [-0.4, -0.2) is 34.2 Å². The molecule has 33 heavy (non-hydrogen) atoms. The highest BCUT2D eigenvalue weighted by Crippen LogP contribution is 2.38. The zero-order valence-corrected chi connectivity index (χ0v) is 19.2. The second-order valence-corrected chi connectivity index (χ2v) is 9.66. The van der Waals surface area contributed by atoms with Gasteiger partial charge in [0.15, 0.2) is 5.82 Å². The molecule has 0 spiro atoms. The molecule has 2 aromatic heterocycles. The van der Waals surface area contributed by atoms with E-state index in [-0.39, 0.29) is 29.6 Å². The first-order chi connectivity index (χ1) is 16.0. The first-order valence-electron chi connectivity index (χ1n) is 12.0. The van der Waals surface area contributed by atoms with E-state index in [2.05, 4.69) is 22.4 Å². The van der Waals surface area contributed by atoms with Crippen LogP contribution < -0.4 is 5.32 Å². The van der Waals surface area contributed by atoms with Crippen LogP contribution in [0, 0.1) is 24.6 Å². The summed E-state index contributed by atoms with van der Waals surface area (Å²) in [6.45, 7) is 5.32. The number of benzene rings is 1. The maximum absolute atomic E-state index is 15.5. The van der Waals surface area contributed by atoms with Crippen molar-refractivity contribution >= 4 is 16.9 Å². The van der Waals surface area contributed by atoms with Crippen molar-refractivity contribution in [1.29, 1.82) is 0 Å². The number of aromatic nitrogens is 3. The molecule has 1 amide bonds. The number of nitrogens with zero attached hydrogens (tertiary/aromatic N) is 2. The minimum Gasteiger partial charge on any atom is -0.381 e. The number of hydrogen-bond acceptors (Lipinski definition) is 5. The molecule has 3 heterocycles. The second kappa shape index (κ2) is 9.25. The van der Waals surface area contributed by atoms with Gasteiger partial charge in [0.1, 0.15) is 23.2 Å². The predicted octanol–water partition coefficient (Wildman–Crippen LogP) is 5.19. The summed E-state index contributed by atoms with van der Waals surface area (Å²) in [7, 11) is 0. The Labute approximate surface area is 192 Å². The fourth-order valence-electron chi connectivity index (χ4n) is 5.31. The Morgan fingerprint density at radius 2 is 1.94 bits per heavy atom. The van der Waals surface area contributed by atoms with E-state index >= 15 is 4.39 Å². The minimum absolute atomic E-state index is 0.148. The van der Waals surface area contributed by atoms with Crippen molar-refractivity contribution in [1.82, 2.24) is 20.4 Å². The second-order valence-electron chi connectivity index (χ2n) is 9.66. The molecular formula is C25H31FN4O3. The van der Waals surface area contributed by atoms with E-state index < -0.39 is 0 Å². The third kappa shape index (κ3) is 4.40. The van der Waals surface area contributed by atoms with Gasteiger partial charge in [0.2, 0.25) is 0 Å². The van der Waals surface area contributed by atoms with Gasteiger partial charge in [0.05, 0.1) is 17.3 Å². The number of amides is 1. The molecule has 2 N–H and O–H groups in total. The fourth-order valence-corrected chi connectivity index (χ4v) is 5.31. The van der Waals surface area contributed by atoms with Gasteiger partial charge in [-0.25, -0.2) is 9.37 Å². The molecule has 1 saturated carbocycles. The largest absolute Gasteiger partial charge is 0.381 e. The number of ether oxygens (including phenoxy) is 1. The standard InChI is InChI=1S/C25H31FN4O3/c1-14-3-5-17(6-4-14)22(29-25(31)19-13-33-30-15(19)2)24-27-20-8-7-18(21(26)23(20)28-24)16-9-11-32-12-10-16/h7-8,13-14,16-17,22H,3-6,9-12H2,1-2H3,(H,27,28)(H,29,31). The maximum Gasteiger partial charge on any atom is 0.257 e. The van der Waals surface area contributed by atoms with Crippen LogP contribution in [0.4, 0.5) is 4.39 Å². The van der Waals surface area contributed by atoms with Crippen LogP contribution in [0.1, 0.15) is 84.8 Å². The van der Waals surface area contributed by atoms with Gasteiger partial charge in [0, 0.05) is 13.2 Å². The molecule has 0 radical (unpaired) electrons. The van der Waals surface area contributed by atoms with E-state index in [1.54, 1.807) is 6.92 Å². The molecule has 1 unspecified atom stereocenters. The summed E-state index contributed by atoms with van der Waals surface area (Å²) in [5, 5.41) is 6.97. The highest BCUT2D eigenvalue weighted by atomic mass is 19.1. The zero-order chi connectivity index (χ0) is 22.9. The van der Waals surface area contributed by atoms with E-state index in [4.69, 9.17) is 14.2 Å². The van der Waals surface area contributed by atoms with E-state index in [0.717, 1.165) is 38.5 Å². The first-order valence-corrected chi connectivity index (χ1v) is 12.0. The van der Waals surface area contributed by atoms with Gasteiger partial charge < -0.3 is 19.6 Å². The van der Waals surface area contributed by atoms with Gasteiger partial charge in [0.25, 0.3) is 5.91 Å². The molecule has 7 nitrogen and oxygen atoms in total. The van der Waals surface area contributed by atoms with Crippen LogP contribution in [0.15, 0.2) is 22.9 Å². The number of aromatic amines is 1. The molecule has 1 aliphatic heterocycles. The Bertz CT molecular complexity index is 1130. The lowest BCUT2D eigenvalue weighted by Gasteiger charge is -2.32. The van der Waals surface area contributed by atoms with Crippen LogP contribution in [0.25, 0.3) is 11.0 Å². The lowest BCUT2D eigenvalue weighted by molar-refractivity contribution is 0.0846. The SMILES string of the molecule is Cc1nocc1C(=O)NC(c1nc2c(F)c(C3CCOCC3)ccc2[nH]1)C1CCC(C)CC1. The first kappa shape index (κ1) is 22.1. The number of aryl methyl sites for hydroxylation is 1. The maximum atomic E-state index is 15.5. The summed E-state index contributed by atoms with van der Waals surface area (Å²) in [5.74, 6) is 1.14. The van der Waals surface area contributed by atoms with Crippen molar-refractivity contribution in [2.75, 3.05) is 13.2 Å². The Kier molecular flexibility index (Phi) is 6.19. The van der Waals surface area contributed by atoms with Crippen LogP contribution in [0.3, 0.4) is 0 Å². The van der Waals surface area contributed by atoms with Crippen molar-refractivity contribution in [2.24, 2.45) is 11.8 Å². The van der Waals surface area contributed by atoms with Gasteiger partial charge in [-0.1, -0.05) is 31.0 Å². The van der Waals surface area contributed by atoms with Crippen LogP contribution >= 0.6 is 0 Å².